The predicted molar refractivity (Wildman–Crippen MR) is 53.2 cm³/mol. The first-order valence-electron chi connectivity index (χ1n) is 6.36. The smallest absolute Gasteiger partial charge is 0.0321 e. The van der Waals surface area contributed by atoms with Crippen LogP contribution in [-0.4, -0.2) is 0 Å². The van der Waals surface area contributed by atoms with Crippen molar-refractivity contribution in [1.82, 2.24) is 0 Å². The SMILES string of the molecule is CC1C2CCC1C1C3CCC(C3)C21. The quantitative estimate of drug-likeness (QED) is 0.497. The second kappa shape index (κ2) is 2.15. The summed E-state index contributed by atoms with van der Waals surface area (Å²) in [6.07, 6.45) is 8.02. The number of rotatable bonds is 0. The lowest BCUT2D eigenvalue weighted by atomic mass is 9.71. The fraction of sp³-hybridized carbons (Fsp3) is 1.00. The van der Waals surface area contributed by atoms with Gasteiger partial charge in [0.15, 0.2) is 0 Å². The van der Waals surface area contributed by atoms with Crippen molar-refractivity contribution in [1.29, 1.82) is 0 Å². The molecule has 0 aromatic carbocycles. The molecule has 6 unspecified atom stereocenters. The molecule has 4 fully saturated rings. The van der Waals surface area contributed by atoms with Crippen molar-refractivity contribution in [3.05, 3.63) is 0 Å². The van der Waals surface area contributed by atoms with Gasteiger partial charge in [0, 0.05) is 0 Å². The van der Waals surface area contributed by atoms with Gasteiger partial charge in [-0.2, -0.15) is 0 Å². The van der Waals surface area contributed by atoms with Crippen molar-refractivity contribution >= 4 is 0 Å². The van der Waals surface area contributed by atoms with E-state index in [9.17, 15) is 0 Å². The van der Waals surface area contributed by atoms with Crippen LogP contribution in [0, 0.1) is 41.4 Å². The van der Waals surface area contributed by atoms with Gasteiger partial charge in [-0.05, 0) is 73.5 Å². The Hall–Kier alpha value is 0. The lowest BCUT2D eigenvalue weighted by molar-refractivity contribution is 0.146. The molecule has 13 heavy (non-hydrogen) atoms. The first-order valence-corrected chi connectivity index (χ1v) is 6.36. The van der Waals surface area contributed by atoms with E-state index < -0.39 is 0 Å². The van der Waals surface area contributed by atoms with Gasteiger partial charge in [-0.15, -0.1) is 0 Å². The monoisotopic (exact) mass is 176 g/mol. The van der Waals surface area contributed by atoms with E-state index in [0.717, 1.165) is 5.92 Å². The molecule has 4 rings (SSSR count). The third kappa shape index (κ3) is 0.680. The van der Waals surface area contributed by atoms with Crippen LogP contribution in [0.4, 0.5) is 0 Å². The number of hydrogen-bond donors (Lipinski definition) is 0. The minimum Gasteiger partial charge on any atom is -0.0620 e. The molecule has 4 aliphatic carbocycles. The molecule has 4 saturated carbocycles. The zero-order chi connectivity index (χ0) is 8.58. The summed E-state index contributed by atoms with van der Waals surface area (Å²) in [4.78, 5) is 0. The third-order valence-electron chi connectivity index (χ3n) is 6.22. The van der Waals surface area contributed by atoms with Gasteiger partial charge in [-0.3, -0.25) is 0 Å². The van der Waals surface area contributed by atoms with Crippen molar-refractivity contribution in [2.75, 3.05) is 0 Å². The van der Waals surface area contributed by atoms with E-state index in [-0.39, 0.29) is 0 Å². The fourth-order valence-corrected chi connectivity index (χ4v) is 5.96. The van der Waals surface area contributed by atoms with Gasteiger partial charge < -0.3 is 0 Å². The van der Waals surface area contributed by atoms with E-state index in [0.29, 0.717) is 0 Å². The van der Waals surface area contributed by atoms with E-state index in [4.69, 9.17) is 0 Å². The van der Waals surface area contributed by atoms with Crippen molar-refractivity contribution in [3.8, 4) is 0 Å². The maximum absolute atomic E-state index is 2.56. The zero-order valence-electron chi connectivity index (χ0n) is 8.58. The maximum Gasteiger partial charge on any atom is -0.0321 e. The second-order valence-corrected chi connectivity index (χ2v) is 6.25. The molecule has 0 radical (unpaired) electrons. The van der Waals surface area contributed by atoms with Gasteiger partial charge in [0.05, 0.1) is 0 Å². The average Bonchev–Trinajstić information content (AvgIpc) is 2.84. The normalized spacial score (nSPS) is 67.6. The highest BCUT2D eigenvalue weighted by molar-refractivity contribution is 5.10. The van der Waals surface area contributed by atoms with E-state index >= 15 is 0 Å². The molecule has 0 nitrogen and oxygen atoms in total. The standard InChI is InChI=1S/C13H20/c1-7-10-4-5-11(7)13-9-3-2-8(6-9)12(10)13/h7-13H,2-6H2,1H3. The predicted octanol–water partition coefficient (Wildman–Crippen LogP) is 3.32. The Morgan fingerprint density at radius 2 is 1.31 bits per heavy atom. The molecule has 0 saturated heterocycles. The van der Waals surface area contributed by atoms with Crippen LogP contribution in [0.5, 0.6) is 0 Å². The number of hydrogen-bond acceptors (Lipinski definition) is 0. The van der Waals surface area contributed by atoms with Crippen molar-refractivity contribution < 1.29 is 0 Å². The topological polar surface area (TPSA) is 0 Å². The Morgan fingerprint density at radius 1 is 0.769 bits per heavy atom. The van der Waals surface area contributed by atoms with Crippen LogP contribution in [-0.2, 0) is 0 Å². The van der Waals surface area contributed by atoms with Crippen molar-refractivity contribution in [2.24, 2.45) is 41.4 Å². The third-order valence-corrected chi connectivity index (χ3v) is 6.22. The summed E-state index contributed by atoms with van der Waals surface area (Å²) in [7, 11) is 0. The Bertz CT molecular complexity index is 220. The van der Waals surface area contributed by atoms with Crippen LogP contribution in [0.25, 0.3) is 0 Å². The van der Waals surface area contributed by atoms with Gasteiger partial charge in [0.25, 0.3) is 0 Å². The molecular formula is C13H20. The van der Waals surface area contributed by atoms with Crippen molar-refractivity contribution in [3.63, 3.8) is 0 Å². The molecule has 0 aromatic rings. The first-order chi connectivity index (χ1) is 6.36. The Kier molecular flexibility index (Phi) is 1.21. The minimum atomic E-state index is 1.11. The van der Waals surface area contributed by atoms with E-state index in [1.54, 1.807) is 32.1 Å². The summed E-state index contributed by atoms with van der Waals surface area (Å²) in [6, 6.07) is 0. The van der Waals surface area contributed by atoms with Crippen LogP contribution in [0.1, 0.15) is 39.0 Å². The summed E-state index contributed by atoms with van der Waals surface area (Å²) in [5, 5.41) is 0. The summed E-state index contributed by atoms with van der Waals surface area (Å²) < 4.78 is 0. The first kappa shape index (κ1) is 7.31. The molecule has 0 spiro atoms. The van der Waals surface area contributed by atoms with E-state index in [1.807, 2.05) is 0 Å². The largest absolute Gasteiger partial charge is 0.0620 e. The molecule has 4 bridgehead atoms. The van der Waals surface area contributed by atoms with Gasteiger partial charge >= 0.3 is 0 Å². The summed E-state index contributed by atoms with van der Waals surface area (Å²) in [5.41, 5.74) is 0. The maximum atomic E-state index is 2.56. The summed E-state index contributed by atoms with van der Waals surface area (Å²) >= 11 is 0. The van der Waals surface area contributed by atoms with Crippen LogP contribution in [0.2, 0.25) is 0 Å². The Labute approximate surface area is 81.1 Å². The highest BCUT2D eigenvalue weighted by Crippen LogP contribution is 2.69. The van der Waals surface area contributed by atoms with Crippen LogP contribution in [0.3, 0.4) is 0 Å². The molecule has 72 valence electrons. The molecule has 0 aliphatic heterocycles. The molecule has 4 aliphatic rings. The average molecular weight is 176 g/mol. The Balaban J connectivity index is 1.77. The molecule has 0 heteroatoms. The fourth-order valence-electron chi connectivity index (χ4n) is 5.96. The van der Waals surface area contributed by atoms with Gasteiger partial charge in [0.1, 0.15) is 0 Å². The second-order valence-electron chi connectivity index (χ2n) is 6.25. The van der Waals surface area contributed by atoms with Gasteiger partial charge in [-0.1, -0.05) is 6.92 Å². The van der Waals surface area contributed by atoms with Crippen molar-refractivity contribution in [2.45, 2.75) is 39.0 Å². The van der Waals surface area contributed by atoms with Crippen LogP contribution < -0.4 is 0 Å². The lowest BCUT2D eigenvalue weighted by Gasteiger charge is -2.34. The van der Waals surface area contributed by atoms with E-state index in [1.165, 1.54) is 35.5 Å². The highest BCUT2D eigenvalue weighted by Gasteiger charge is 2.62. The van der Waals surface area contributed by atoms with Crippen LogP contribution >= 0.6 is 0 Å². The molecular weight excluding hydrogens is 156 g/mol. The molecule has 0 amide bonds. The zero-order valence-corrected chi connectivity index (χ0v) is 8.58. The molecule has 0 aromatic heterocycles. The Morgan fingerprint density at radius 3 is 1.85 bits per heavy atom. The lowest BCUT2D eigenvalue weighted by Crippen LogP contribution is -2.27. The summed E-state index contributed by atoms with van der Waals surface area (Å²) in [5.74, 6) is 8.26. The molecule has 0 heterocycles. The molecule has 6 atom stereocenters. The highest BCUT2D eigenvalue weighted by atomic mass is 14.7. The number of fused-ring (bicyclic) bond motifs is 9. The minimum absolute atomic E-state index is 1.11. The summed E-state index contributed by atoms with van der Waals surface area (Å²) in [6.45, 7) is 2.56. The van der Waals surface area contributed by atoms with E-state index in [2.05, 4.69) is 6.92 Å². The van der Waals surface area contributed by atoms with Gasteiger partial charge in [-0.25, -0.2) is 0 Å². The molecule has 0 N–H and O–H groups in total. The van der Waals surface area contributed by atoms with Gasteiger partial charge in [0.2, 0.25) is 0 Å². The van der Waals surface area contributed by atoms with Crippen LogP contribution in [0.15, 0.2) is 0 Å².